The van der Waals surface area contributed by atoms with Crippen molar-refractivity contribution in [2.45, 2.75) is 5.80 Å². The molecule has 0 N–H and O–H groups in total. The number of benzene rings is 3. The third kappa shape index (κ3) is 4.18. The van der Waals surface area contributed by atoms with E-state index in [9.17, 15) is 13.2 Å². The molecule has 0 unspecified atom stereocenters. The van der Waals surface area contributed by atoms with Crippen molar-refractivity contribution in [3.63, 3.8) is 0 Å². The van der Waals surface area contributed by atoms with Gasteiger partial charge in [-0.1, -0.05) is 54.6 Å². The average Bonchev–Trinajstić information content (AvgIpc) is 2.63. The zero-order chi connectivity index (χ0) is 18.5. The van der Waals surface area contributed by atoms with Gasteiger partial charge < -0.3 is 13.3 Å². The molecule has 26 heavy (non-hydrogen) atoms. The van der Waals surface area contributed by atoms with Crippen LogP contribution in [0.5, 0.6) is 17.2 Å². The fraction of sp³-hybridized carbons (Fsp3) is 0.0526. The summed E-state index contributed by atoms with van der Waals surface area (Å²) in [5.74, 6) is -4.80. The third-order valence-corrected chi connectivity index (χ3v) is 5.54. The second-order valence-corrected chi connectivity index (χ2v) is 7.59. The molecular formula is C19H15F3O3Si. The van der Waals surface area contributed by atoms with Crippen molar-refractivity contribution in [2.24, 2.45) is 0 Å². The van der Waals surface area contributed by atoms with E-state index in [1.165, 1.54) is 36.4 Å². The molecule has 3 aromatic carbocycles. The highest BCUT2D eigenvalue weighted by Gasteiger charge is 2.74. The van der Waals surface area contributed by atoms with Gasteiger partial charge in [0.2, 0.25) is 0 Å². The molecule has 0 aromatic heterocycles. The van der Waals surface area contributed by atoms with Crippen molar-refractivity contribution in [1.29, 1.82) is 0 Å². The minimum atomic E-state index is -5.22. The minimum absolute atomic E-state index is 0.0170. The van der Waals surface area contributed by atoms with Gasteiger partial charge in [-0.2, -0.15) is 13.2 Å². The van der Waals surface area contributed by atoms with Crippen molar-refractivity contribution in [2.75, 3.05) is 0 Å². The van der Waals surface area contributed by atoms with Crippen LogP contribution in [0.15, 0.2) is 91.0 Å². The molecule has 0 amide bonds. The summed E-state index contributed by atoms with van der Waals surface area (Å²) in [5.41, 5.74) is 0. The predicted molar refractivity (Wildman–Crippen MR) is 93.0 cm³/mol. The lowest BCUT2D eigenvalue weighted by Gasteiger charge is -2.31. The van der Waals surface area contributed by atoms with Gasteiger partial charge in [0.15, 0.2) is 0 Å². The lowest BCUT2D eigenvalue weighted by atomic mass is 10.3. The molecule has 0 saturated carbocycles. The van der Waals surface area contributed by atoms with E-state index in [1.807, 2.05) is 0 Å². The number of rotatable bonds is 6. The van der Waals surface area contributed by atoms with E-state index in [0.717, 1.165) is 0 Å². The van der Waals surface area contributed by atoms with Crippen molar-refractivity contribution >= 4 is 8.80 Å². The molecule has 0 spiro atoms. The molecular weight excluding hydrogens is 361 g/mol. The third-order valence-electron chi connectivity index (χ3n) is 3.33. The molecule has 0 heterocycles. The Morgan fingerprint density at radius 2 is 0.769 bits per heavy atom. The number of para-hydroxylation sites is 3. The van der Waals surface area contributed by atoms with E-state index in [1.54, 1.807) is 54.6 Å². The average molecular weight is 376 g/mol. The Balaban J connectivity index is 2.04. The van der Waals surface area contributed by atoms with E-state index in [4.69, 9.17) is 13.3 Å². The fourth-order valence-electron chi connectivity index (χ4n) is 2.17. The number of halogens is 3. The van der Waals surface area contributed by atoms with Gasteiger partial charge in [0.05, 0.1) is 0 Å². The second-order valence-electron chi connectivity index (χ2n) is 5.30. The first-order chi connectivity index (χ1) is 12.5. The molecule has 0 atom stereocenters. The van der Waals surface area contributed by atoms with Gasteiger partial charge in [-0.05, 0) is 36.4 Å². The summed E-state index contributed by atoms with van der Waals surface area (Å²) in [6.07, 6.45) is 0. The van der Waals surface area contributed by atoms with Crippen LogP contribution in [0.3, 0.4) is 0 Å². The lowest BCUT2D eigenvalue weighted by Crippen LogP contribution is -2.66. The number of alkyl halides is 3. The maximum absolute atomic E-state index is 14.1. The van der Waals surface area contributed by atoms with Gasteiger partial charge in [-0.25, -0.2) is 0 Å². The summed E-state index contributed by atoms with van der Waals surface area (Å²) in [4.78, 5) is 0. The summed E-state index contributed by atoms with van der Waals surface area (Å²) in [6.45, 7) is 0. The van der Waals surface area contributed by atoms with Gasteiger partial charge in [-0.3, -0.25) is 0 Å². The lowest BCUT2D eigenvalue weighted by molar-refractivity contribution is -0.0997. The molecule has 0 bridgehead atoms. The van der Waals surface area contributed by atoms with Crippen molar-refractivity contribution in [3.8, 4) is 17.2 Å². The van der Waals surface area contributed by atoms with Crippen LogP contribution in [0.1, 0.15) is 0 Å². The van der Waals surface area contributed by atoms with Crippen molar-refractivity contribution in [1.82, 2.24) is 0 Å². The summed E-state index contributed by atoms with van der Waals surface area (Å²) in [5, 5.41) is 0. The van der Waals surface area contributed by atoms with Gasteiger partial charge in [0.25, 0.3) is 0 Å². The van der Waals surface area contributed by atoms with E-state index < -0.39 is 14.6 Å². The summed E-state index contributed by atoms with van der Waals surface area (Å²) in [7, 11) is -5.22. The molecule has 0 aliphatic heterocycles. The Bertz CT molecular complexity index is 710. The highest BCUT2D eigenvalue weighted by molar-refractivity contribution is 6.65. The largest absolute Gasteiger partial charge is 0.811 e. The highest BCUT2D eigenvalue weighted by atomic mass is 28.4. The smallest absolute Gasteiger partial charge is 0.478 e. The van der Waals surface area contributed by atoms with E-state index in [0.29, 0.717) is 0 Å². The Morgan fingerprint density at radius 1 is 0.500 bits per heavy atom. The first-order valence-corrected chi connectivity index (χ1v) is 9.50. The predicted octanol–water partition coefficient (Wildman–Crippen LogP) is 5.26. The Hall–Kier alpha value is -2.93. The van der Waals surface area contributed by atoms with Crippen LogP contribution in [0.2, 0.25) is 0 Å². The minimum Gasteiger partial charge on any atom is -0.478 e. The van der Waals surface area contributed by atoms with Crippen LogP contribution in [-0.2, 0) is 0 Å². The molecule has 0 aliphatic rings. The van der Waals surface area contributed by atoms with E-state index in [-0.39, 0.29) is 17.2 Å². The first-order valence-electron chi connectivity index (χ1n) is 7.77. The van der Waals surface area contributed by atoms with E-state index >= 15 is 0 Å². The molecule has 3 rings (SSSR count). The summed E-state index contributed by atoms with van der Waals surface area (Å²) < 4.78 is 58.4. The normalized spacial score (nSPS) is 11.7. The quantitative estimate of drug-likeness (QED) is 0.549. The Morgan fingerprint density at radius 3 is 1.00 bits per heavy atom. The van der Waals surface area contributed by atoms with Crippen LogP contribution in [0.25, 0.3) is 0 Å². The van der Waals surface area contributed by atoms with Crippen LogP contribution >= 0.6 is 0 Å². The van der Waals surface area contributed by atoms with Crippen molar-refractivity contribution in [3.05, 3.63) is 91.0 Å². The summed E-state index contributed by atoms with van der Waals surface area (Å²) in [6, 6.07) is 23.1. The monoisotopic (exact) mass is 376 g/mol. The maximum Gasteiger partial charge on any atom is 0.811 e. The maximum atomic E-state index is 14.1. The second kappa shape index (κ2) is 7.53. The molecule has 0 saturated heterocycles. The van der Waals surface area contributed by atoms with Crippen LogP contribution in [0.4, 0.5) is 13.2 Å². The Kier molecular flexibility index (Phi) is 5.18. The molecule has 0 aliphatic carbocycles. The zero-order valence-corrected chi connectivity index (χ0v) is 14.5. The summed E-state index contributed by atoms with van der Waals surface area (Å²) >= 11 is 0. The molecule has 0 radical (unpaired) electrons. The van der Waals surface area contributed by atoms with Gasteiger partial charge in [0.1, 0.15) is 17.2 Å². The fourth-order valence-corrected chi connectivity index (χ4v) is 3.98. The van der Waals surface area contributed by atoms with Gasteiger partial charge in [-0.15, -0.1) is 0 Å². The van der Waals surface area contributed by atoms with Gasteiger partial charge in [0, 0.05) is 0 Å². The highest BCUT2D eigenvalue weighted by Crippen LogP contribution is 2.35. The van der Waals surface area contributed by atoms with Crippen molar-refractivity contribution < 1.29 is 26.4 Å². The van der Waals surface area contributed by atoms with E-state index in [2.05, 4.69) is 0 Å². The molecule has 0 fully saturated rings. The van der Waals surface area contributed by atoms with Crippen LogP contribution < -0.4 is 13.3 Å². The topological polar surface area (TPSA) is 27.7 Å². The molecule has 3 nitrogen and oxygen atoms in total. The zero-order valence-electron chi connectivity index (χ0n) is 13.5. The van der Waals surface area contributed by atoms with Crippen LogP contribution in [-0.4, -0.2) is 14.6 Å². The van der Waals surface area contributed by atoms with Crippen LogP contribution in [0, 0.1) is 0 Å². The molecule has 134 valence electrons. The molecule has 7 heteroatoms. The number of hydrogen-bond acceptors (Lipinski definition) is 3. The SMILES string of the molecule is FC(F)(F)[Si](Oc1ccccc1)(Oc1ccccc1)Oc1ccccc1. The Labute approximate surface area is 149 Å². The van der Waals surface area contributed by atoms with Gasteiger partial charge >= 0.3 is 14.6 Å². The number of hydrogen-bond donors (Lipinski definition) is 0. The standard InChI is InChI=1S/C19H15F3O3Si/c20-19(21,22)26(23-16-10-4-1-5-11-16,24-17-12-6-2-7-13-17)25-18-14-8-3-9-15-18/h1-15H. The first kappa shape index (κ1) is 17.9. The molecule has 3 aromatic rings.